The van der Waals surface area contributed by atoms with Crippen LogP contribution in [0.25, 0.3) is 10.9 Å². The maximum Gasteiger partial charge on any atom is 0.172 e. The zero-order chi connectivity index (χ0) is 15.9. The van der Waals surface area contributed by atoms with Crippen LogP contribution in [0.5, 0.6) is 0 Å². The number of carbonyl (C=O) groups is 1. The van der Waals surface area contributed by atoms with Crippen LogP contribution in [0, 0.1) is 5.82 Å². The van der Waals surface area contributed by atoms with Crippen molar-refractivity contribution in [3.05, 3.63) is 69.6 Å². The standard InChI is InChI=1S/C17H12Cl2FNO/c1-9(12-4-2-10(18)6-15(12)19)17(22)14-8-21-16-5-3-11(20)7-13(14)16/h2-9,21H,1H3. The summed E-state index contributed by atoms with van der Waals surface area (Å²) in [6.07, 6.45) is 1.60. The van der Waals surface area contributed by atoms with Crippen molar-refractivity contribution in [1.82, 2.24) is 4.98 Å². The number of hydrogen-bond acceptors (Lipinski definition) is 1. The number of carbonyl (C=O) groups excluding carboxylic acids is 1. The Bertz CT molecular complexity index is 872. The van der Waals surface area contributed by atoms with E-state index in [4.69, 9.17) is 23.2 Å². The summed E-state index contributed by atoms with van der Waals surface area (Å²) >= 11 is 12.0. The fourth-order valence-electron chi connectivity index (χ4n) is 2.52. The fourth-order valence-corrected chi connectivity index (χ4v) is 3.10. The molecular formula is C17H12Cl2FNO. The van der Waals surface area contributed by atoms with Gasteiger partial charge in [0.1, 0.15) is 5.82 Å². The SMILES string of the molecule is CC(C(=O)c1c[nH]c2ccc(F)cc12)c1ccc(Cl)cc1Cl. The molecule has 1 atom stereocenters. The van der Waals surface area contributed by atoms with Crippen molar-refractivity contribution in [2.24, 2.45) is 0 Å². The van der Waals surface area contributed by atoms with E-state index in [1.165, 1.54) is 12.1 Å². The topological polar surface area (TPSA) is 32.9 Å². The van der Waals surface area contributed by atoms with Crippen LogP contribution in [0.3, 0.4) is 0 Å². The van der Waals surface area contributed by atoms with Crippen molar-refractivity contribution in [2.75, 3.05) is 0 Å². The highest BCUT2D eigenvalue weighted by Crippen LogP contribution is 2.31. The quantitative estimate of drug-likeness (QED) is 0.621. The first-order valence-electron chi connectivity index (χ1n) is 6.73. The summed E-state index contributed by atoms with van der Waals surface area (Å²) in [5.41, 5.74) is 1.87. The van der Waals surface area contributed by atoms with E-state index in [-0.39, 0.29) is 11.6 Å². The van der Waals surface area contributed by atoms with E-state index in [9.17, 15) is 9.18 Å². The van der Waals surface area contributed by atoms with Gasteiger partial charge in [-0.05, 0) is 35.9 Å². The summed E-state index contributed by atoms with van der Waals surface area (Å²) in [6, 6.07) is 9.37. The van der Waals surface area contributed by atoms with Crippen molar-refractivity contribution >= 4 is 39.9 Å². The Morgan fingerprint density at radius 1 is 1.18 bits per heavy atom. The lowest BCUT2D eigenvalue weighted by atomic mass is 9.92. The smallest absolute Gasteiger partial charge is 0.172 e. The molecule has 0 aliphatic rings. The number of hydrogen-bond donors (Lipinski definition) is 1. The molecule has 0 spiro atoms. The molecule has 3 aromatic rings. The van der Waals surface area contributed by atoms with Gasteiger partial charge in [-0.15, -0.1) is 0 Å². The normalized spacial score (nSPS) is 12.5. The number of nitrogens with one attached hydrogen (secondary N) is 1. The molecule has 1 unspecified atom stereocenters. The second-order valence-electron chi connectivity index (χ2n) is 5.14. The Hall–Kier alpha value is -1.84. The van der Waals surface area contributed by atoms with E-state index in [2.05, 4.69) is 4.98 Å². The van der Waals surface area contributed by atoms with Crippen molar-refractivity contribution in [2.45, 2.75) is 12.8 Å². The minimum atomic E-state index is -0.452. The van der Waals surface area contributed by atoms with Gasteiger partial charge in [0.25, 0.3) is 0 Å². The first kappa shape index (κ1) is 15.1. The van der Waals surface area contributed by atoms with Gasteiger partial charge < -0.3 is 4.98 Å². The summed E-state index contributed by atoms with van der Waals surface area (Å²) in [5.74, 6) is -0.952. The van der Waals surface area contributed by atoms with E-state index >= 15 is 0 Å². The molecule has 1 aromatic heterocycles. The van der Waals surface area contributed by atoms with Crippen LogP contribution in [0.2, 0.25) is 10.0 Å². The van der Waals surface area contributed by atoms with E-state index in [0.29, 0.717) is 26.6 Å². The summed E-state index contributed by atoms with van der Waals surface area (Å²) in [7, 11) is 0. The van der Waals surface area contributed by atoms with Crippen LogP contribution >= 0.6 is 23.2 Å². The minimum absolute atomic E-state index is 0.124. The van der Waals surface area contributed by atoms with Gasteiger partial charge >= 0.3 is 0 Å². The van der Waals surface area contributed by atoms with E-state index in [1.807, 2.05) is 0 Å². The first-order valence-corrected chi connectivity index (χ1v) is 7.49. The van der Waals surface area contributed by atoms with Crippen LogP contribution in [0.15, 0.2) is 42.6 Å². The monoisotopic (exact) mass is 335 g/mol. The van der Waals surface area contributed by atoms with Crippen LogP contribution in [-0.4, -0.2) is 10.8 Å². The number of halogens is 3. The highest BCUT2D eigenvalue weighted by molar-refractivity contribution is 6.35. The van der Waals surface area contributed by atoms with Crippen LogP contribution in [-0.2, 0) is 0 Å². The Balaban J connectivity index is 2.03. The van der Waals surface area contributed by atoms with E-state index in [1.54, 1.807) is 37.4 Å². The number of aromatic amines is 1. The van der Waals surface area contributed by atoms with Crippen molar-refractivity contribution in [3.8, 4) is 0 Å². The predicted molar refractivity (Wildman–Crippen MR) is 87.5 cm³/mol. The minimum Gasteiger partial charge on any atom is -0.360 e. The number of ketones is 1. The van der Waals surface area contributed by atoms with Gasteiger partial charge in [0, 0.05) is 38.6 Å². The zero-order valence-corrected chi connectivity index (χ0v) is 13.2. The highest BCUT2D eigenvalue weighted by Gasteiger charge is 2.22. The third-order valence-electron chi connectivity index (χ3n) is 3.73. The predicted octanol–water partition coefficient (Wildman–Crippen LogP) is 5.60. The van der Waals surface area contributed by atoms with Crippen LogP contribution in [0.1, 0.15) is 28.8 Å². The number of rotatable bonds is 3. The summed E-state index contributed by atoms with van der Waals surface area (Å²) in [4.78, 5) is 15.7. The second kappa shape index (κ2) is 5.75. The molecule has 0 amide bonds. The van der Waals surface area contributed by atoms with Gasteiger partial charge in [-0.25, -0.2) is 4.39 Å². The molecule has 0 saturated heterocycles. The number of benzene rings is 2. The lowest BCUT2D eigenvalue weighted by molar-refractivity contribution is 0.0968. The van der Waals surface area contributed by atoms with Crippen LogP contribution < -0.4 is 0 Å². The fraction of sp³-hybridized carbons (Fsp3) is 0.118. The number of aromatic nitrogens is 1. The largest absolute Gasteiger partial charge is 0.360 e. The Morgan fingerprint density at radius 3 is 2.68 bits per heavy atom. The van der Waals surface area contributed by atoms with Gasteiger partial charge in [-0.3, -0.25) is 4.79 Å². The van der Waals surface area contributed by atoms with E-state index in [0.717, 1.165) is 5.52 Å². The number of Topliss-reactive ketones (excluding diaryl/α,β-unsaturated/α-hetero) is 1. The zero-order valence-electron chi connectivity index (χ0n) is 11.7. The molecule has 5 heteroatoms. The maximum atomic E-state index is 13.4. The molecule has 1 heterocycles. The molecule has 0 fully saturated rings. The number of fused-ring (bicyclic) bond motifs is 1. The molecule has 2 nitrogen and oxygen atoms in total. The molecular weight excluding hydrogens is 324 g/mol. The third kappa shape index (κ3) is 2.62. The van der Waals surface area contributed by atoms with Gasteiger partial charge in [0.05, 0.1) is 0 Å². The van der Waals surface area contributed by atoms with Gasteiger partial charge in [0.15, 0.2) is 5.78 Å². The lowest BCUT2D eigenvalue weighted by Gasteiger charge is -2.12. The third-order valence-corrected chi connectivity index (χ3v) is 4.29. The molecule has 2 aromatic carbocycles. The average molecular weight is 336 g/mol. The summed E-state index contributed by atoms with van der Waals surface area (Å²) < 4.78 is 13.4. The molecule has 1 N–H and O–H groups in total. The lowest BCUT2D eigenvalue weighted by Crippen LogP contribution is -2.09. The molecule has 0 radical (unpaired) electrons. The Labute approximate surface area is 136 Å². The summed E-state index contributed by atoms with van der Waals surface area (Å²) in [5, 5.41) is 1.53. The Kier molecular flexibility index (Phi) is 3.94. The molecule has 3 rings (SSSR count). The second-order valence-corrected chi connectivity index (χ2v) is 5.99. The molecule has 112 valence electrons. The molecule has 0 bridgehead atoms. The molecule has 0 saturated carbocycles. The van der Waals surface area contributed by atoms with Crippen molar-refractivity contribution in [1.29, 1.82) is 0 Å². The van der Waals surface area contributed by atoms with Gasteiger partial charge in [0.2, 0.25) is 0 Å². The summed E-state index contributed by atoms with van der Waals surface area (Å²) in [6.45, 7) is 1.77. The van der Waals surface area contributed by atoms with Gasteiger partial charge in [-0.1, -0.05) is 36.2 Å². The first-order chi connectivity index (χ1) is 10.5. The maximum absolute atomic E-state index is 13.4. The van der Waals surface area contributed by atoms with Crippen molar-refractivity contribution in [3.63, 3.8) is 0 Å². The van der Waals surface area contributed by atoms with Crippen LogP contribution in [0.4, 0.5) is 4.39 Å². The number of H-pyrrole nitrogens is 1. The van der Waals surface area contributed by atoms with Crippen molar-refractivity contribution < 1.29 is 9.18 Å². The molecule has 0 aliphatic carbocycles. The van der Waals surface area contributed by atoms with E-state index < -0.39 is 5.92 Å². The molecule has 22 heavy (non-hydrogen) atoms. The van der Waals surface area contributed by atoms with Gasteiger partial charge in [-0.2, -0.15) is 0 Å². The average Bonchev–Trinajstić information content (AvgIpc) is 2.88. The molecule has 0 aliphatic heterocycles. The highest BCUT2D eigenvalue weighted by atomic mass is 35.5. The Morgan fingerprint density at radius 2 is 1.95 bits per heavy atom.